The molecule has 3 rings (SSSR count). The van der Waals surface area contributed by atoms with Crippen molar-refractivity contribution in [2.24, 2.45) is 0 Å². The second kappa shape index (κ2) is 7.06. The Labute approximate surface area is 134 Å². The van der Waals surface area contributed by atoms with Gasteiger partial charge in [-0.1, -0.05) is 5.16 Å². The van der Waals surface area contributed by atoms with Crippen molar-refractivity contribution in [3.63, 3.8) is 0 Å². The Hall–Kier alpha value is -1.99. The molecule has 0 amide bonds. The third kappa shape index (κ3) is 3.68. The number of pyridine rings is 1. The molecule has 23 heavy (non-hydrogen) atoms. The van der Waals surface area contributed by atoms with Crippen LogP contribution in [-0.4, -0.2) is 35.5 Å². The number of hydrogen-bond donors (Lipinski definition) is 1. The van der Waals surface area contributed by atoms with Crippen LogP contribution < -0.4 is 5.32 Å². The van der Waals surface area contributed by atoms with Crippen LogP contribution in [-0.2, 0) is 16.1 Å². The Morgan fingerprint density at radius 2 is 2.30 bits per heavy atom. The van der Waals surface area contributed by atoms with Gasteiger partial charge in [-0.3, -0.25) is 4.98 Å². The molecule has 6 nitrogen and oxygen atoms in total. The zero-order valence-electron chi connectivity index (χ0n) is 13.2. The number of rotatable bonds is 5. The molecule has 0 spiro atoms. The number of nitrogens with one attached hydrogen (secondary N) is 1. The van der Waals surface area contributed by atoms with E-state index >= 15 is 0 Å². The molecule has 124 valence electrons. The number of hydrogen-bond acceptors (Lipinski definition) is 6. The van der Waals surface area contributed by atoms with Crippen molar-refractivity contribution in [1.82, 2.24) is 10.1 Å². The molecular formula is C16H20FN3O3. The molecular weight excluding hydrogens is 301 g/mol. The predicted molar refractivity (Wildman–Crippen MR) is 81.6 cm³/mol. The molecule has 1 N–H and O–H groups in total. The fraction of sp³-hybridized carbons (Fsp3) is 0.500. The molecule has 0 bridgehead atoms. The van der Waals surface area contributed by atoms with E-state index in [1.807, 2.05) is 13.8 Å². The maximum Gasteiger partial charge on any atom is 0.164 e. The first kappa shape index (κ1) is 15.9. The first-order valence-electron chi connectivity index (χ1n) is 7.62. The number of aryl methyl sites for hydroxylation is 2. The molecule has 0 unspecified atom stereocenters. The van der Waals surface area contributed by atoms with Gasteiger partial charge in [0.2, 0.25) is 0 Å². The Bertz CT molecular complexity index is 642. The number of ether oxygens (including phenoxy) is 2. The summed E-state index contributed by atoms with van der Waals surface area (Å²) in [6.07, 6.45) is 3.40. The van der Waals surface area contributed by atoms with Crippen LogP contribution in [0.2, 0.25) is 0 Å². The Morgan fingerprint density at radius 3 is 3.04 bits per heavy atom. The van der Waals surface area contributed by atoms with Gasteiger partial charge < -0.3 is 19.3 Å². The van der Waals surface area contributed by atoms with Gasteiger partial charge in [-0.25, -0.2) is 4.39 Å². The normalized spacial score (nSPS) is 21.3. The molecule has 0 aliphatic carbocycles. The van der Waals surface area contributed by atoms with Crippen molar-refractivity contribution in [3.8, 4) is 0 Å². The molecule has 7 heteroatoms. The average molecular weight is 321 g/mol. The van der Waals surface area contributed by atoms with Crippen LogP contribution in [0, 0.1) is 19.7 Å². The van der Waals surface area contributed by atoms with Crippen LogP contribution in [0.1, 0.15) is 23.4 Å². The lowest BCUT2D eigenvalue weighted by Gasteiger charge is -2.32. The molecule has 3 heterocycles. The molecule has 0 saturated carbocycles. The van der Waals surface area contributed by atoms with Crippen molar-refractivity contribution >= 4 is 5.69 Å². The summed E-state index contributed by atoms with van der Waals surface area (Å²) in [5.74, 6) is 0.377. The number of aromatic nitrogens is 2. The second-order valence-electron chi connectivity index (χ2n) is 5.62. The topological polar surface area (TPSA) is 69.4 Å². The van der Waals surface area contributed by atoms with Crippen LogP contribution in [0.3, 0.4) is 0 Å². The Morgan fingerprint density at radius 1 is 1.43 bits per heavy atom. The molecule has 0 radical (unpaired) electrons. The summed E-state index contributed by atoms with van der Waals surface area (Å²) in [6.45, 7) is 5.27. The van der Waals surface area contributed by atoms with Gasteiger partial charge in [-0.15, -0.1) is 0 Å². The zero-order valence-corrected chi connectivity index (χ0v) is 13.2. The quantitative estimate of drug-likeness (QED) is 0.913. The van der Waals surface area contributed by atoms with E-state index in [2.05, 4.69) is 15.5 Å². The number of anilines is 1. The number of nitrogens with zero attached hydrogens (tertiary/aromatic N) is 2. The van der Waals surface area contributed by atoms with Gasteiger partial charge in [0.25, 0.3) is 0 Å². The zero-order chi connectivity index (χ0) is 16.2. The van der Waals surface area contributed by atoms with Gasteiger partial charge in [0.1, 0.15) is 5.76 Å². The van der Waals surface area contributed by atoms with Gasteiger partial charge in [-0.2, -0.15) is 0 Å². The lowest BCUT2D eigenvalue weighted by atomic mass is 10.1. The smallest absolute Gasteiger partial charge is 0.164 e. The molecule has 1 fully saturated rings. The van der Waals surface area contributed by atoms with Gasteiger partial charge >= 0.3 is 0 Å². The fourth-order valence-corrected chi connectivity index (χ4v) is 2.64. The summed E-state index contributed by atoms with van der Waals surface area (Å²) < 4.78 is 30.4. The van der Waals surface area contributed by atoms with E-state index in [0.717, 1.165) is 23.4 Å². The lowest BCUT2D eigenvalue weighted by Crippen LogP contribution is -2.44. The number of halogens is 1. The third-order valence-electron chi connectivity index (χ3n) is 4.03. The highest BCUT2D eigenvalue weighted by molar-refractivity contribution is 5.44. The first-order valence-corrected chi connectivity index (χ1v) is 7.62. The summed E-state index contributed by atoms with van der Waals surface area (Å²) in [6, 6.07) is 1.48. The minimum absolute atomic E-state index is 0.0787. The van der Waals surface area contributed by atoms with E-state index in [1.54, 1.807) is 12.3 Å². The van der Waals surface area contributed by atoms with Gasteiger partial charge in [0.15, 0.2) is 5.82 Å². The summed E-state index contributed by atoms with van der Waals surface area (Å²) in [7, 11) is 0. The van der Waals surface area contributed by atoms with Crippen molar-refractivity contribution in [1.29, 1.82) is 0 Å². The van der Waals surface area contributed by atoms with E-state index in [4.69, 9.17) is 14.0 Å². The minimum atomic E-state index is -0.387. The van der Waals surface area contributed by atoms with E-state index in [0.29, 0.717) is 25.5 Å². The summed E-state index contributed by atoms with van der Waals surface area (Å²) in [4.78, 5) is 3.75. The summed E-state index contributed by atoms with van der Waals surface area (Å²) >= 11 is 0. The van der Waals surface area contributed by atoms with E-state index in [9.17, 15) is 4.39 Å². The average Bonchev–Trinajstić information content (AvgIpc) is 2.87. The summed E-state index contributed by atoms with van der Waals surface area (Å²) in [5.41, 5.74) is 2.20. The lowest BCUT2D eigenvalue weighted by molar-refractivity contribution is -0.0481. The molecule has 2 aromatic heterocycles. The SMILES string of the molecule is Cc1noc(C)c1CO[C@H]1CCOC[C@H]1Nc1ccncc1F. The highest BCUT2D eigenvalue weighted by Crippen LogP contribution is 2.21. The van der Waals surface area contributed by atoms with Crippen LogP contribution in [0.5, 0.6) is 0 Å². The van der Waals surface area contributed by atoms with Crippen molar-refractivity contribution < 1.29 is 18.4 Å². The van der Waals surface area contributed by atoms with E-state index < -0.39 is 0 Å². The van der Waals surface area contributed by atoms with Crippen LogP contribution in [0.15, 0.2) is 23.0 Å². The molecule has 2 atom stereocenters. The van der Waals surface area contributed by atoms with Crippen LogP contribution in [0.4, 0.5) is 10.1 Å². The van der Waals surface area contributed by atoms with Gasteiger partial charge in [0.05, 0.1) is 42.9 Å². The molecule has 1 aliphatic heterocycles. The molecule has 0 aromatic carbocycles. The third-order valence-corrected chi connectivity index (χ3v) is 4.03. The fourth-order valence-electron chi connectivity index (χ4n) is 2.64. The molecule has 2 aromatic rings. The van der Waals surface area contributed by atoms with Crippen molar-refractivity contribution in [2.75, 3.05) is 18.5 Å². The van der Waals surface area contributed by atoms with E-state index in [1.165, 1.54) is 6.20 Å². The minimum Gasteiger partial charge on any atom is -0.379 e. The highest BCUT2D eigenvalue weighted by Gasteiger charge is 2.28. The van der Waals surface area contributed by atoms with Gasteiger partial charge in [-0.05, 0) is 26.3 Å². The molecule has 1 aliphatic rings. The summed E-state index contributed by atoms with van der Waals surface area (Å²) in [5, 5.41) is 7.08. The second-order valence-corrected chi connectivity index (χ2v) is 5.62. The monoisotopic (exact) mass is 321 g/mol. The standard InChI is InChI=1S/C16H20FN3O3/c1-10-12(11(2)23-20-10)8-22-16-4-6-21-9-15(16)19-14-3-5-18-7-13(14)17/h3,5,7,15-16H,4,6,8-9H2,1-2H3,(H,18,19)/t15-,16+/m1/s1. The maximum atomic E-state index is 13.8. The van der Waals surface area contributed by atoms with Crippen molar-refractivity contribution in [2.45, 2.75) is 39.0 Å². The van der Waals surface area contributed by atoms with Crippen LogP contribution in [0.25, 0.3) is 0 Å². The van der Waals surface area contributed by atoms with Gasteiger partial charge in [0, 0.05) is 18.4 Å². The highest BCUT2D eigenvalue weighted by atomic mass is 19.1. The predicted octanol–water partition coefficient (Wildman–Crippen LogP) is 2.61. The van der Waals surface area contributed by atoms with E-state index in [-0.39, 0.29) is 18.0 Å². The Balaban J connectivity index is 1.66. The van der Waals surface area contributed by atoms with Crippen molar-refractivity contribution in [3.05, 3.63) is 41.3 Å². The maximum absolute atomic E-state index is 13.8. The van der Waals surface area contributed by atoms with Crippen LogP contribution >= 0.6 is 0 Å². The molecule has 1 saturated heterocycles. The largest absolute Gasteiger partial charge is 0.379 e. The first-order chi connectivity index (χ1) is 11.1. The Kier molecular flexibility index (Phi) is 4.88.